The Kier molecular flexibility index (Phi) is 2.57. The summed E-state index contributed by atoms with van der Waals surface area (Å²) in [5.41, 5.74) is 12.4. The van der Waals surface area contributed by atoms with Gasteiger partial charge in [-0.3, -0.25) is 4.68 Å². The Morgan fingerprint density at radius 3 is 3.00 bits per heavy atom. The Hall–Kier alpha value is -3.07. The molecule has 3 heterocycles. The van der Waals surface area contributed by atoms with E-state index in [2.05, 4.69) is 21.1 Å². The van der Waals surface area contributed by atoms with Gasteiger partial charge in [0.15, 0.2) is 0 Å². The van der Waals surface area contributed by atoms with Crippen LogP contribution < -0.4 is 5.73 Å². The first-order chi connectivity index (χ1) is 10.7. The molecule has 0 unspecified atom stereocenters. The number of hydrogen-bond donors (Lipinski definition) is 2. The topological polar surface area (TPSA) is 96.3 Å². The molecule has 0 fully saturated rings. The number of rotatable bonds is 1. The minimum atomic E-state index is 0.272. The third kappa shape index (κ3) is 1.66. The Morgan fingerprint density at radius 1 is 1.41 bits per heavy atom. The first-order valence-electron chi connectivity index (χ1n) is 7.07. The van der Waals surface area contributed by atoms with Gasteiger partial charge in [-0.25, -0.2) is 4.98 Å². The van der Waals surface area contributed by atoms with Gasteiger partial charge in [0, 0.05) is 41.8 Å². The summed E-state index contributed by atoms with van der Waals surface area (Å²) in [6, 6.07) is 4.22. The number of aromatic nitrogens is 4. The van der Waals surface area contributed by atoms with Crippen LogP contribution in [0.25, 0.3) is 22.4 Å². The van der Waals surface area contributed by atoms with Crippen LogP contribution >= 0.6 is 0 Å². The maximum absolute atomic E-state index is 9.52. The molecular weight excluding hydrogens is 276 g/mol. The van der Waals surface area contributed by atoms with Gasteiger partial charge in [0.2, 0.25) is 0 Å². The van der Waals surface area contributed by atoms with Gasteiger partial charge in [-0.15, -0.1) is 0 Å². The van der Waals surface area contributed by atoms with Gasteiger partial charge < -0.3 is 10.7 Å². The molecule has 0 saturated heterocycles. The summed E-state index contributed by atoms with van der Waals surface area (Å²) in [7, 11) is 1.86. The lowest BCUT2D eigenvalue weighted by Crippen LogP contribution is -2.10. The lowest BCUT2D eigenvalue weighted by Gasteiger charge is -2.20. The molecule has 22 heavy (non-hydrogen) atoms. The molecule has 6 heteroatoms. The fourth-order valence-corrected chi connectivity index (χ4v) is 3.17. The van der Waals surface area contributed by atoms with Crippen LogP contribution in [0.4, 0.5) is 5.82 Å². The highest BCUT2D eigenvalue weighted by molar-refractivity contribution is 5.85. The molecule has 0 spiro atoms. The second-order valence-corrected chi connectivity index (χ2v) is 5.46. The van der Waals surface area contributed by atoms with Crippen LogP contribution in [0, 0.1) is 11.3 Å². The number of nitrogens with one attached hydrogen (secondary N) is 1. The molecule has 0 amide bonds. The fourth-order valence-electron chi connectivity index (χ4n) is 3.17. The van der Waals surface area contributed by atoms with Crippen molar-refractivity contribution in [2.75, 3.05) is 5.73 Å². The molecule has 6 nitrogen and oxygen atoms in total. The predicted molar refractivity (Wildman–Crippen MR) is 82.8 cm³/mol. The lowest BCUT2D eigenvalue weighted by atomic mass is 9.86. The number of aryl methyl sites for hydroxylation is 2. The molecule has 0 bridgehead atoms. The molecule has 3 N–H and O–H groups in total. The summed E-state index contributed by atoms with van der Waals surface area (Å²) in [5, 5.41) is 13.7. The number of H-pyrrole nitrogens is 1. The minimum Gasteiger partial charge on any atom is -0.383 e. The van der Waals surface area contributed by atoms with Crippen molar-refractivity contribution in [1.29, 1.82) is 5.26 Å². The normalized spacial score (nSPS) is 12.5. The summed E-state index contributed by atoms with van der Waals surface area (Å²) in [5.74, 6) is 0.272. The molecule has 3 aromatic heterocycles. The number of hydrogen-bond acceptors (Lipinski definition) is 4. The van der Waals surface area contributed by atoms with Crippen LogP contribution in [-0.2, 0) is 19.9 Å². The van der Waals surface area contributed by atoms with Crippen LogP contribution in [0.5, 0.6) is 0 Å². The van der Waals surface area contributed by atoms with Gasteiger partial charge in [-0.05, 0) is 24.5 Å². The van der Waals surface area contributed by atoms with Crippen molar-refractivity contribution in [3.63, 3.8) is 0 Å². The molecule has 4 rings (SSSR count). The van der Waals surface area contributed by atoms with Crippen molar-refractivity contribution in [2.24, 2.45) is 7.05 Å². The molecule has 108 valence electrons. The minimum absolute atomic E-state index is 0.272. The predicted octanol–water partition coefficient (Wildman–Crippen LogP) is 2.03. The van der Waals surface area contributed by atoms with E-state index < -0.39 is 0 Å². The Morgan fingerprint density at radius 2 is 2.27 bits per heavy atom. The van der Waals surface area contributed by atoms with Gasteiger partial charge in [0.05, 0.1) is 11.9 Å². The Bertz CT molecular complexity index is 925. The van der Waals surface area contributed by atoms with Gasteiger partial charge in [0.1, 0.15) is 17.5 Å². The number of fused-ring (bicyclic) bond motifs is 3. The zero-order chi connectivity index (χ0) is 15.3. The van der Waals surface area contributed by atoms with Crippen molar-refractivity contribution in [3.05, 3.63) is 41.5 Å². The van der Waals surface area contributed by atoms with E-state index in [9.17, 15) is 5.26 Å². The lowest BCUT2D eigenvalue weighted by molar-refractivity contribution is 0.768. The quantitative estimate of drug-likeness (QED) is 0.716. The molecular formula is C16H14N6. The third-order valence-corrected chi connectivity index (χ3v) is 4.14. The highest BCUT2D eigenvalue weighted by Gasteiger charge is 2.26. The standard InChI is InChI=1S/C16H14N6/c1-22-8-9(7-20-22)14-11-2-3-13-10(4-5-19-13)15(11)21-16(18)12(14)6-17/h4-5,7-8,19H,2-3H2,1H3,(H2,18,21). The Labute approximate surface area is 127 Å². The largest absolute Gasteiger partial charge is 0.383 e. The van der Waals surface area contributed by atoms with E-state index in [-0.39, 0.29) is 5.82 Å². The van der Waals surface area contributed by atoms with Crippen molar-refractivity contribution in [3.8, 4) is 28.5 Å². The van der Waals surface area contributed by atoms with Gasteiger partial charge >= 0.3 is 0 Å². The first kappa shape index (κ1) is 12.7. The second kappa shape index (κ2) is 4.46. The van der Waals surface area contributed by atoms with Crippen molar-refractivity contribution in [1.82, 2.24) is 19.7 Å². The van der Waals surface area contributed by atoms with Crippen molar-refractivity contribution >= 4 is 5.82 Å². The first-order valence-corrected chi connectivity index (χ1v) is 7.07. The van der Waals surface area contributed by atoms with Crippen LogP contribution in [0.1, 0.15) is 16.8 Å². The van der Waals surface area contributed by atoms with E-state index in [1.54, 1.807) is 10.9 Å². The zero-order valence-corrected chi connectivity index (χ0v) is 12.1. The number of anilines is 1. The van der Waals surface area contributed by atoms with Gasteiger partial charge in [-0.2, -0.15) is 10.4 Å². The number of nitriles is 1. The van der Waals surface area contributed by atoms with Gasteiger partial charge in [-0.1, -0.05) is 0 Å². The van der Waals surface area contributed by atoms with Crippen LogP contribution in [0.3, 0.4) is 0 Å². The van der Waals surface area contributed by atoms with E-state index in [1.807, 2.05) is 25.5 Å². The zero-order valence-electron chi connectivity index (χ0n) is 12.1. The number of nitrogens with two attached hydrogens (primary N) is 1. The average Bonchev–Trinajstić information content (AvgIpc) is 3.14. The molecule has 0 radical (unpaired) electrons. The summed E-state index contributed by atoms with van der Waals surface area (Å²) in [6.07, 6.45) is 7.32. The maximum atomic E-state index is 9.52. The van der Waals surface area contributed by atoms with Gasteiger partial charge in [0.25, 0.3) is 0 Å². The summed E-state index contributed by atoms with van der Waals surface area (Å²) >= 11 is 0. The van der Waals surface area contributed by atoms with Crippen molar-refractivity contribution < 1.29 is 0 Å². The smallest absolute Gasteiger partial charge is 0.142 e. The molecule has 0 aromatic carbocycles. The van der Waals surface area contributed by atoms with Crippen molar-refractivity contribution in [2.45, 2.75) is 12.8 Å². The number of pyridine rings is 1. The molecule has 3 aromatic rings. The maximum Gasteiger partial charge on any atom is 0.142 e. The highest BCUT2D eigenvalue weighted by Crippen LogP contribution is 2.40. The summed E-state index contributed by atoms with van der Waals surface area (Å²) in [4.78, 5) is 7.75. The van der Waals surface area contributed by atoms with Crippen LogP contribution in [0.2, 0.25) is 0 Å². The second-order valence-electron chi connectivity index (χ2n) is 5.46. The number of nitrogens with zero attached hydrogens (tertiary/aromatic N) is 4. The third-order valence-electron chi connectivity index (χ3n) is 4.14. The summed E-state index contributed by atoms with van der Waals surface area (Å²) < 4.78 is 1.73. The molecule has 0 aliphatic heterocycles. The van der Waals surface area contributed by atoms with E-state index in [0.717, 1.165) is 40.8 Å². The molecule has 0 saturated carbocycles. The molecule has 0 atom stereocenters. The van der Waals surface area contributed by atoms with E-state index in [4.69, 9.17) is 5.73 Å². The van der Waals surface area contributed by atoms with Crippen LogP contribution in [-0.4, -0.2) is 19.7 Å². The average molecular weight is 290 g/mol. The van der Waals surface area contributed by atoms with Crippen LogP contribution in [0.15, 0.2) is 24.7 Å². The molecule has 1 aliphatic carbocycles. The highest BCUT2D eigenvalue weighted by atomic mass is 15.2. The summed E-state index contributed by atoms with van der Waals surface area (Å²) in [6.45, 7) is 0. The van der Waals surface area contributed by atoms with E-state index in [0.29, 0.717) is 5.56 Å². The van der Waals surface area contributed by atoms with E-state index in [1.165, 1.54) is 5.69 Å². The van der Waals surface area contributed by atoms with E-state index >= 15 is 0 Å². The number of nitrogen functional groups attached to an aromatic ring is 1. The number of aromatic amines is 1. The Balaban J connectivity index is 2.08. The SMILES string of the molecule is Cn1cc(-c2c(C#N)c(N)nc3c2CCc2[nH]ccc2-3)cn1. The molecule has 1 aliphatic rings. The fraction of sp³-hybridized carbons (Fsp3) is 0.188. The monoisotopic (exact) mass is 290 g/mol.